The first-order valence-electron chi connectivity index (χ1n) is 6.88. The van der Waals surface area contributed by atoms with Gasteiger partial charge in [-0.3, -0.25) is 4.79 Å². The molecule has 1 amide bonds. The second-order valence-electron chi connectivity index (χ2n) is 4.68. The molecule has 4 nitrogen and oxygen atoms in total. The third-order valence-electron chi connectivity index (χ3n) is 3.43. The molecule has 0 heterocycles. The minimum atomic E-state index is -0.226. The Morgan fingerprint density at radius 2 is 1.94 bits per heavy atom. The van der Waals surface area contributed by atoms with Gasteiger partial charge in [0.05, 0.1) is 0 Å². The first kappa shape index (κ1) is 14.6. The second kappa shape index (κ2) is 7.75. The Morgan fingerprint density at radius 1 is 1.33 bits per heavy atom. The average molecular weight is 249 g/mol. The third kappa shape index (κ3) is 4.40. The summed E-state index contributed by atoms with van der Waals surface area (Å²) in [7, 11) is 0. The second-order valence-corrected chi connectivity index (χ2v) is 4.68. The average Bonchev–Trinajstić information content (AvgIpc) is 2.41. The van der Waals surface area contributed by atoms with Crippen molar-refractivity contribution in [2.45, 2.75) is 52.0 Å². The topological polar surface area (TPSA) is 56.1 Å². The molecule has 4 heteroatoms. The summed E-state index contributed by atoms with van der Waals surface area (Å²) in [5.74, 6) is -0.226. The molecule has 0 aliphatic heterocycles. The van der Waals surface area contributed by atoms with Crippen molar-refractivity contribution in [3.05, 3.63) is 11.8 Å². The van der Waals surface area contributed by atoms with E-state index in [0.717, 1.165) is 25.9 Å². The highest BCUT2D eigenvalue weighted by molar-refractivity contribution is 5.97. The van der Waals surface area contributed by atoms with E-state index in [1.807, 2.05) is 24.8 Å². The lowest BCUT2D eigenvalue weighted by Gasteiger charge is -2.23. The molecule has 0 aromatic heterocycles. The standard InChI is InChI=1S/C14H23N3O/c1-3-17(4-2)11-12(10-15)14(18)16-13-8-6-5-7-9-13/h11,13H,3-9H2,1-2H3,(H,16,18)/b12-11-. The molecular formula is C14H23N3O. The van der Waals surface area contributed by atoms with Crippen molar-refractivity contribution in [2.24, 2.45) is 0 Å². The van der Waals surface area contributed by atoms with Crippen LogP contribution in [-0.2, 0) is 4.79 Å². The zero-order chi connectivity index (χ0) is 13.4. The molecule has 0 unspecified atom stereocenters. The Kier molecular flexibility index (Phi) is 6.27. The molecule has 1 rings (SSSR count). The van der Waals surface area contributed by atoms with E-state index in [4.69, 9.17) is 5.26 Å². The molecular weight excluding hydrogens is 226 g/mol. The van der Waals surface area contributed by atoms with Gasteiger partial charge in [0.25, 0.3) is 5.91 Å². The maximum Gasteiger partial charge on any atom is 0.263 e. The van der Waals surface area contributed by atoms with Crippen molar-refractivity contribution in [1.29, 1.82) is 5.26 Å². The van der Waals surface area contributed by atoms with Gasteiger partial charge in [-0.25, -0.2) is 0 Å². The van der Waals surface area contributed by atoms with Crippen LogP contribution in [0.3, 0.4) is 0 Å². The summed E-state index contributed by atoms with van der Waals surface area (Å²) < 4.78 is 0. The molecule has 0 spiro atoms. The van der Waals surface area contributed by atoms with Gasteiger partial charge in [-0.2, -0.15) is 5.26 Å². The molecule has 1 aliphatic rings. The van der Waals surface area contributed by atoms with Crippen LogP contribution in [0.2, 0.25) is 0 Å². The van der Waals surface area contributed by atoms with Gasteiger partial charge >= 0.3 is 0 Å². The molecule has 0 aromatic carbocycles. The SMILES string of the molecule is CCN(/C=C(/C#N)C(=O)NC1CCCCC1)CC. The zero-order valence-corrected chi connectivity index (χ0v) is 11.4. The molecule has 1 fully saturated rings. The number of hydrogen-bond acceptors (Lipinski definition) is 3. The monoisotopic (exact) mass is 249 g/mol. The number of hydrogen-bond donors (Lipinski definition) is 1. The molecule has 0 saturated heterocycles. The van der Waals surface area contributed by atoms with Crippen LogP contribution in [0, 0.1) is 11.3 Å². The third-order valence-corrected chi connectivity index (χ3v) is 3.43. The lowest BCUT2D eigenvalue weighted by molar-refractivity contribution is -0.118. The highest BCUT2D eigenvalue weighted by Gasteiger charge is 2.18. The Balaban J connectivity index is 2.59. The maximum absolute atomic E-state index is 12.0. The van der Waals surface area contributed by atoms with E-state index in [-0.39, 0.29) is 17.5 Å². The molecule has 1 aliphatic carbocycles. The summed E-state index contributed by atoms with van der Waals surface area (Å²) in [5, 5.41) is 12.0. The predicted octanol–water partition coefficient (Wildman–Crippen LogP) is 2.18. The molecule has 1 saturated carbocycles. The first-order chi connectivity index (χ1) is 8.71. The van der Waals surface area contributed by atoms with E-state index in [0.29, 0.717) is 0 Å². The van der Waals surface area contributed by atoms with E-state index < -0.39 is 0 Å². The van der Waals surface area contributed by atoms with Crippen molar-refractivity contribution in [3.8, 4) is 6.07 Å². The molecule has 1 N–H and O–H groups in total. The van der Waals surface area contributed by atoms with E-state index in [9.17, 15) is 4.79 Å². The van der Waals surface area contributed by atoms with Crippen molar-refractivity contribution in [3.63, 3.8) is 0 Å². The van der Waals surface area contributed by atoms with Gasteiger partial charge in [-0.05, 0) is 26.7 Å². The number of nitrogens with zero attached hydrogens (tertiary/aromatic N) is 2. The van der Waals surface area contributed by atoms with Crippen molar-refractivity contribution < 1.29 is 4.79 Å². The summed E-state index contributed by atoms with van der Waals surface area (Å²) in [5.41, 5.74) is 0.212. The lowest BCUT2D eigenvalue weighted by atomic mass is 9.95. The Labute approximate surface area is 110 Å². The highest BCUT2D eigenvalue weighted by atomic mass is 16.1. The lowest BCUT2D eigenvalue weighted by Crippen LogP contribution is -2.37. The summed E-state index contributed by atoms with van der Waals surface area (Å²) in [4.78, 5) is 13.9. The van der Waals surface area contributed by atoms with Gasteiger partial charge in [0, 0.05) is 25.3 Å². The largest absolute Gasteiger partial charge is 0.377 e. The quantitative estimate of drug-likeness (QED) is 0.600. The normalized spacial score (nSPS) is 17.1. The Morgan fingerprint density at radius 3 is 2.44 bits per heavy atom. The van der Waals surface area contributed by atoms with Crippen LogP contribution in [0.25, 0.3) is 0 Å². The van der Waals surface area contributed by atoms with Crippen LogP contribution in [0.4, 0.5) is 0 Å². The fourth-order valence-electron chi connectivity index (χ4n) is 2.24. The maximum atomic E-state index is 12.0. The van der Waals surface area contributed by atoms with Gasteiger partial charge in [0.15, 0.2) is 0 Å². The fraction of sp³-hybridized carbons (Fsp3) is 0.714. The highest BCUT2D eigenvalue weighted by Crippen LogP contribution is 2.17. The number of carbonyl (C=O) groups is 1. The predicted molar refractivity (Wildman–Crippen MR) is 71.6 cm³/mol. The van der Waals surface area contributed by atoms with Gasteiger partial charge in [-0.1, -0.05) is 19.3 Å². The summed E-state index contributed by atoms with van der Waals surface area (Å²) >= 11 is 0. The number of rotatable bonds is 5. The van der Waals surface area contributed by atoms with Gasteiger partial charge in [0.2, 0.25) is 0 Å². The van der Waals surface area contributed by atoms with Gasteiger partial charge in [-0.15, -0.1) is 0 Å². The fourth-order valence-corrected chi connectivity index (χ4v) is 2.24. The van der Waals surface area contributed by atoms with Crippen LogP contribution in [0.5, 0.6) is 0 Å². The minimum absolute atomic E-state index is 0.212. The van der Waals surface area contributed by atoms with E-state index in [1.165, 1.54) is 19.3 Å². The Hall–Kier alpha value is -1.50. The van der Waals surface area contributed by atoms with E-state index in [2.05, 4.69) is 5.32 Å². The zero-order valence-electron chi connectivity index (χ0n) is 11.4. The summed E-state index contributed by atoms with van der Waals surface area (Å²) in [6.45, 7) is 5.62. The van der Waals surface area contributed by atoms with Crippen LogP contribution in [-0.4, -0.2) is 29.9 Å². The number of nitriles is 1. The van der Waals surface area contributed by atoms with Crippen LogP contribution >= 0.6 is 0 Å². The number of nitrogens with one attached hydrogen (secondary N) is 1. The van der Waals surface area contributed by atoms with Gasteiger partial charge < -0.3 is 10.2 Å². The smallest absolute Gasteiger partial charge is 0.263 e. The summed E-state index contributed by atoms with van der Waals surface area (Å²) in [6, 6.07) is 2.25. The summed E-state index contributed by atoms with van der Waals surface area (Å²) in [6.07, 6.45) is 7.34. The van der Waals surface area contributed by atoms with Crippen LogP contribution in [0.15, 0.2) is 11.8 Å². The molecule has 18 heavy (non-hydrogen) atoms. The molecule has 0 bridgehead atoms. The number of amides is 1. The first-order valence-corrected chi connectivity index (χ1v) is 6.88. The van der Waals surface area contributed by atoms with Crippen molar-refractivity contribution in [2.75, 3.05) is 13.1 Å². The minimum Gasteiger partial charge on any atom is -0.377 e. The molecule has 100 valence electrons. The molecule has 0 radical (unpaired) electrons. The van der Waals surface area contributed by atoms with Crippen LogP contribution < -0.4 is 5.32 Å². The van der Waals surface area contributed by atoms with Gasteiger partial charge in [0.1, 0.15) is 11.6 Å². The molecule has 0 aromatic rings. The molecule has 0 atom stereocenters. The van der Waals surface area contributed by atoms with Crippen molar-refractivity contribution >= 4 is 5.91 Å². The van der Waals surface area contributed by atoms with E-state index >= 15 is 0 Å². The Bertz CT molecular complexity index is 333. The van der Waals surface area contributed by atoms with Crippen LogP contribution in [0.1, 0.15) is 46.0 Å². The van der Waals surface area contributed by atoms with E-state index in [1.54, 1.807) is 6.20 Å². The number of carbonyl (C=O) groups excluding carboxylic acids is 1. The van der Waals surface area contributed by atoms with Crippen molar-refractivity contribution in [1.82, 2.24) is 10.2 Å².